The Morgan fingerprint density at radius 1 is 0.895 bits per heavy atom. The first-order valence-electron chi connectivity index (χ1n) is 4.66. The Kier molecular flexibility index (Phi) is 3.60. The number of halogens is 6. The number of thiophene rings is 1. The summed E-state index contributed by atoms with van der Waals surface area (Å²) < 4.78 is 65.6. The van der Waals surface area contributed by atoms with E-state index >= 15 is 0 Å². The summed E-state index contributed by atoms with van der Waals surface area (Å²) >= 11 is 6.20. The van der Waals surface area contributed by atoms with Crippen molar-refractivity contribution in [2.45, 2.75) is 0 Å². The van der Waals surface area contributed by atoms with Crippen LogP contribution in [0.5, 0.6) is 0 Å². The maximum absolute atomic E-state index is 13.4. The summed E-state index contributed by atoms with van der Waals surface area (Å²) in [5, 5.41) is 0. The Hall–Kier alpha value is -1.47. The van der Waals surface area contributed by atoms with Crippen molar-refractivity contribution in [1.29, 1.82) is 0 Å². The van der Waals surface area contributed by atoms with Gasteiger partial charge >= 0.3 is 0 Å². The predicted molar refractivity (Wildman–Crippen MR) is 59.0 cm³/mol. The van der Waals surface area contributed by atoms with Gasteiger partial charge in [-0.3, -0.25) is 4.79 Å². The minimum atomic E-state index is -2.31. The highest BCUT2D eigenvalue weighted by molar-refractivity contribution is 7.18. The molecule has 8 heteroatoms. The SMILES string of the molecule is O=C(c1ccc(Cl)s1)c1c(F)c(F)c(F)c(F)c1F. The van der Waals surface area contributed by atoms with E-state index in [0.717, 1.165) is 6.07 Å². The Balaban J connectivity index is 2.66. The van der Waals surface area contributed by atoms with Crippen molar-refractivity contribution in [3.8, 4) is 0 Å². The van der Waals surface area contributed by atoms with Crippen molar-refractivity contribution in [1.82, 2.24) is 0 Å². The largest absolute Gasteiger partial charge is 0.287 e. The molecule has 19 heavy (non-hydrogen) atoms. The minimum absolute atomic E-state index is 0.146. The van der Waals surface area contributed by atoms with Gasteiger partial charge in [-0.25, -0.2) is 22.0 Å². The van der Waals surface area contributed by atoms with Gasteiger partial charge in [0.1, 0.15) is 5.56 Å². The molecule has 1 nitrogen and oxygen atoms in total. The molecule has 100 valence electrons. The number of hydrogen-bond acceptors (Lipinski definition) is 2. The van der Waals surface area contributed by atoms with Gasteiger partial charge in [0.25, 0.3) is 0 Å². The van der Waals surface area contributed by atoms with Gasteiger partial charge in [0.15, 0.2) is 23.3 Å². The summed E-state index contributed by atoms with van der Waals surface area (Å²) in [6, 6.07) is 2.40. The molecule has 0 aliphatic heterocycles. The Bertz CT molecular complexity index is 653. The molecular weight excluding hydrogens is 311 g/mol. The fraction of sp³-hybridized carbons (Fsp3) is 0. The van der Waals surface area contributed by atoms with E-state index in [1.165, 1.54) is 6.07 Å². The molecule has 2 aromatic rings. The number of benzene rings is 1. The molecule has 0 atom stereocenters. The van der Waals surface area contributed by atoms with E-state index in [0.29, 0.717) is 11.3 Å². The smallest absolute Gasteiger partial charge is 0.209 e. The van der Waals surface area contributed by atoms with Crippen LogP contribution in [0.4, 0.5) is 22.0 Å². The van der Waals surface area contributed by atoms with Crippen molar-refractivity contribution < 1.29 is 26.7 Å². The molecule has 0 radical (unpaired) electrons. The van der Waals surface area contributed by atoms with Gasteiger partial charge < -0.3 is 0 Å². The monoisotopic (exact) mass is 312 g/mol. The van der Waals surface area contributed by atoms with Gasteiger partial charge in [0, 0.05) is 0 Å². The Morgan fingerprint density at radius 2 is 1.37 bits per heavy atom. The highest BCUT2D eigenvalue weighted by atomic mass is 35.5. The van der Waals surface area contributed by atoms with Gasteiger partial charge in [-0.1, -0.05) is 11.6 Å². The third kappa shape index (κ3) is 2.23. The van der Waals surface area contributed by atoms with E-state index in [1.807, 2.05) is 0 Å². The lowest BCUT2D eigenvalue weighted by Gasteiger charge is -2.06. The average molecular weight is 313 g/mol. The molecule has 0 bridgehead atoms. The number of carbonyl (C=O) groups is 1. The second-order valence-electron chi connectivity index (χ2n) is 3.38. The maximum Gasteiger partial charge on any atom is 0.209 e. The molecule has 0 aliphatic rings. The second-order valence-corrected chi connectivity index (χ2v) is 5.09. The molecular formula is C11H2ClF5OS. The maximum atomic E-state index is 13.4. The van der Waals surface area contributed by atoms with Crippen molar-refractivity contribution in [2.75, 3.05) is 0 Å². The summed E-state index contributed by atoms with van der Waals surface area (Å²) in [6.07, 6.45) is 0. The molecule has 0 amide bonds. The van der Waals surface area contributed by atoms with Gasteiger partial charge in [0.05, 0.1) is 9.21 Å². The molecule has 0 saturated carbocycles. The molecule has 0 saturated heterocycles. The van der Waals surface area contributed by atoms with Crippen LogP contribution in [-0.4, -0.2) is 5.78 Å². The molecule has 1 aromatic heterocycles. The van der Waals surface area contributed by atoms with Crippen LogP contribution in [0.15, 0.2) is 12.1 Å². The third-order valence-corrected chi connectivity index (χ3v) is 3.46. The topological polar surface area (TPSA) is 17.1 Å². The van der Waals surface area contributed by atoms with Crippen LogP contribution in [0.1, 0.15) is 15.2 Å². The normalized spacial score (nSPS) is 10.8. The van der Waals surface area contributed by atoms with Crippen LogP contribution >= 0.6 is 22.9 Å². The van der Waals surface area contributed by atoms with Crippen molar-refractivity contribution >= 4 is 28.7 Å². The summed E-state index contributed by atoms with van der Waals surface area (Å²) in [4.78, 5) is 11.5. The Labute approximate surface area is 112 Å². The lowest BCUT2D eigenvalue weighted by atomic mass is 10.1. The summed E-state index contributed by atoms with van der Waals surface area (Å²) in [7, 11) is 0. The van der Waals surface area contributed by atoms with Gasteiger partial charge in [-0.05, 0) is 12.1 Å². The zero-order valence-corrected chi connectivity index (χ0v) is 10.3. The molecule has 1 heterocycles. The fourth-order valence-corrected chi connectivity index (χ4v) is 2.35. The number of carbonyl (C=O) groups excluding carboxylic acids is 1. The number of rotatable bonds is 2. The van der Waals surface area contributed by atoms with Crippen LogP contribution in [0.3, 0.4) is 0 Å². The van der Waals surface area contributed by atoms with Gasteiger partial charge in [-0.2, -0.15) is 0 Å². The summed E-state index contributed by atoms with van der Waals surface area (Å²) in [5.74, 6) is -12.3. The van der Waals surface area contributed by atoms with Crippen molar-refractivity contribution in [3.05, 3.63) is 56.0 Å². The first kappa shape index (κ1) is 14.0. The molecule has 2 rings (SSSR count). The quantitative estimate of drug-likeness (QED) is 0.349. The minimum Gasteiger partial charge on any atom is -0.287 e. The fourth-order valence-electron chi connectivity index (χ4n) is 1.36. The van der Waals surface area contributed by atoms with E-state index in [2.05, 4.69) is 0 Å². The lowest BCUT2D eigenvalue weighted by Crippen LogP contribution is -2.12. The molecule has 0 spiro atoms. The standard InChI is InChI=1S/C11H2ClF5OS/c12-4-2-1-3(19-4)11(18)5-6(13)8(15)10(17)9(16)7(5)14/h1-2H. The zero-order chi connectivity index (χ0) is 14.3. The third-order valence-electron chi connectivity index (χ3n) is 2.23. The van der Waals surface area contributed by atoms with E-state index in [9.17, 15) is 26.7 Å². The second kappa shape index (κ2) is 4.90. The zero-order valence-electron chi connectivity index (χ0n) is 8.74. The Morgan fingerprint density at radius 3 is 1.79 bits per heavy atom. The number of ketones is 1. The number of hydrogen-bond donors (Lipinski definition) is 0. The van der Waals surface area contributed by atoms with Crippen LogP contribution in [0, 0.1) is 29.1 Å². The van der Waals surface area contributed by atoms with Gasteiger partial charge in [0.2, 0.25) is 11.6 Å². The highest BCUT2D eigenvalue weighted by Crippen LogP contribution is 2.29. The van der Waals surface area contributed by atoms with Crippen LogP contribution < -0.4 is 0 Å². The van der Waals surface area contributed by atoms with E-state index in [-0.39, 0.29) is 9.21 Å². The molecule has 0 fully saturated rings. The molecule has 1 aromatic carbocycles. The molecule has 0 N–H and O–H groups in total. The highest BCUT2D eigenvalue weighted by Gasteiger charge is 2.30. The van der Waals surface area contributed by atoms with E-state index in [4.69, 9.17) is 11.6 Å². The van der Waals surface area contributed by atoms with Crippen molar-refractivity contribution in [3.63, 3.8) is 0 Å². The van der Waals surface area contributed by atoms with Crippen LogP contribution in [0.2, 0.25) is 4.34 Å². The van der Waals surface area contributed by atoms with Crippen molar-refractivity contribution in [2.24, 2.45) is 0 Å². The van der Waals surface area contributed by atoms with Crippen LogP contribution in [0.25, 0.3) is 0 Å². The van der Waals surface area contributed by atoms with Crippen LogP contribution in [-0.2, 0) is 0 Å². The summed E-state index contributed by atoms with van der Waals surface area (Å²) in [5.41, 5.74) is -1.49. The predicted octanol–water partition coefficient (Wildman–Crippen LogP) is 4.33. The summed E-state index contributed by atoms with van der Waals surface area (Å²) in [6.45, 7) is 0. The van der Waals surface area contributed by atoms with Gasteiger partial charge in [-0.15, -0.1) is 11.3 Å². The molecule has 0 unspecified atom stereocenters. The lowest BCUT2D eigenvalue weighted by molar-refractivity contribution is 0.103. The van der Waals surface area contributed by atoms with E-state index < -0.39 is 40.4 Å². The molecule has 0 aliphatic carbocycles. The average Bonchev–Trinajstić information content (AvgIpc) is 2.81. The first-order chi connectivity index (χ1) is 8.84. The first-order valence-corrected chi connectivity index (χ1v) is 5.85. The van der Waals surface area contributed by atoms with E-state index in [1.54, 1.807) is 0 Å².